The molecule has 0 radical (unpaired) electrons. The number of hydrogen-bond donors (Lipinski definition) is 1. The lowest BCUT2D eigenvalue weighted by Crippen LogP contribution is -2.20. The fraction of sp³-hybridized carbons (Fsp3) is 0.368. The Morgan fingerprint density at radius 2 is 1.65 bits per heavy atom. The van der Waals surface area contributed by atoms with Crippen molar-refractivity contribution in [3.8, 4) is 0 Å². The maximum atomic E-state index is 3.49. The third-order valence-electron chi connectivity index (χ3n) is 4.01. The van der Waals surface area contributed by atoms with Crippen molar-refractivity contribution < 1.29 is 0 Å². The highest BCUT2D eigenvalue weighted by Crippen LogP contribution is 2.24. The van der Waals surface area contributed by atoms with Crippen LogP contribution in [0.2, 0.25) is 0 Å². The Kier molecular flexibility index (Phi) is 5.37. The Morgan fingerprint density at radius 1 is 0.900 bits per heavy atom. The number of benzene rings is 2. The Morgan fingerprint density at radius 3 is 2.25 bits per heavy atom. The molecule has 1 N–H and O–H groups in total. The number of likely N-dealkylation sites (N-methyl/N-ethyl adjacent to an activating group) is 1. The highest BCUT2D eigenvalue weighted by atomic mass is 14.9. The van der Waals surface area contributed by atoms with Crippen LogP contribution in [0.15, 0.2) is 48.5 Å². The predicted molar refractivity (Wildman–Crippen MR) is 87.1 cm³/mol. The summed E-state index contributed by atoms with van der Waals surface area (Å²) in [5.74, 6) is 0. The largest absolute Gasteiger partial charge is 0.313 e. The molecule has 0 heterocycles. The first-order valence-electron chi connectivity index (χ1n) is 7.61. The van der Waals surface area contributed by atoms with Crippen molar-refractivity contribution in [1.29, 1.82) is 0 Å². The molecule has 1 atom stereocenters. The Hall–Kier alpha value is -1.60. The lowest BCUT2D eigenvalue weighted by atomic mass is 9.91. The van der Waals surface area contributed by atoms with Crippen LogP contribution in [0.3, 0.4) is 0 Å². The van der Waals surface area contributed by atoms with Gasteiger partial charge < -0.3 is 5.32 Å². The van der Waals surface area contributed by atoms with Gasteiger partial charge in [0.15, 0.2) is 0 Å². The van der Waals surface area contributed by atoms with Crippen LogP contribution in [0.4, 0.5) is 0 Å². The van der Waals surface area contributed by atoms with Crippen molar-refractivity contribution in [2.75, 3.05) is 7.05 Å². The monoisotopic (exact) mass is 267 g/mol. The molecule has 1 nitrogen and oxygen atoms in total. The first-order valence-corrected chi connectivity index (χ1v) is 7.61. The van der Waals surface area contributed by atoms with Crippen LogP contribution >= 0.6 is 0 Å². The molecule has 0 aromatic heterocycles. The summed E-state index contributed by atoms with van der Waals surface area (Å²) in [4.78, 5) is 0. The van der Waals surface area contributed by atoms with E-state index in [9.17, 15) is 0 Å². The van der Waals surface area contributed by atoms with E-state index in [-0.39, 0.29) is 0 Å². The standard InChI is InChI=1S/C19H25N/c1-4-15-11-12-17(5-2)18(13-15)19(20-3)14-16-9-7-6-8-10-16/h6-13,19-20H,4-5,14H2,1-3H3. The molecule has 0 aliphatic carbocycles. The average molecular weight is 267 g/mol. The summed E-state index contributed by atoms with van der Waals surface area (Å²) in [6.45, 7) is 4.45. The maximum Gasteiger partial charge on any atom is 0.0361 e. The summed E-state index contributed by atoms with van der Waals surface area (Å²) in [6, 6.07) is 18.0. The van der Waals surface area contributed by atoms with E-state index >= 15 is 0 Å². The van der Waals surface area contributed by atoms with Crippen molar-refractivity contribution in [2.45, 2.75) is 39.2 Å². The normalized spacial score (nSPS) is 12.3. The van der Waals surface area contributed by atoms with Gasteiger partial charge in [-0.2, -0.15) is 0 Å². The van der Waals surface area contributed by atoms with Gasteiger partial charge >= 0.3 is 0 Å². The van der Waals surface area contributed by atoms with Crippen LogP contribution in [0.25, 0.3) is 0 Å². The van der Waals surface area contributed by atoms with Crippen LogP contribution in [-0.4, -0.2) is 7.05 Å². The van der Waals surface area contributed by atoms with E-state index in [1.54, 1.807) is 0 Å². The second-order valence-electron chi connectivity index (χ2n) is 5.27. The van der Waals surface area contributed by atoms with Gasteiger partial charge in [0.25, 0.3) is 0 Å². The molecule has 2 aromatic rings. The Balaban J connectivity index is 2.30. The SMILES string of the molecule is CCc1ccc(CC)c(C(Cc2ccccc2)NC)c1. The quantitative estimate of drug-likeness (QED) is 0.822. The van der Waals surface area contributed by atoms with Crippen molar-refractivity contribution in [2.24, 2.45) is 0 Å². The van der Waals surface area contributed by atoms with Crippen LogP contribution in [0.5, 0.6) is 0 Å². The van der Waals surface area contributed by atoms with E-state index in [1.165, 1.54) is 22.3 Å². The van der Waals surface area contributed by atoms with E-state index in [1.807, 2.05) is 0 Å². The molecule has 2 rings (SSSR count). The number of nitrogens with one attached hydrogen (secondary N) is 1. The van der Waals surface area contributed by atoms with Crippen LogP contribution in [-0.2, 0) is 19.3 Å². The number of aryl methyl sites for hydroxylation is 2. The molecular weight excluding hydrogens is 242 g/mol. The van der Waals surface area contributed by atoms with Crippen molar-refractivity contribution in [3.63, 3.8) is 0 Å². The molecule has 1 heteroatoms. The number of hydrogen-bond acceptors (Lipinski definition) is 1. The summed E-state index contributed by atoms with van der Waals surface area (Å²) >= 11 is 0. The molecule has 0 amide bonds. The van der Waals surface area contributed by atoms with Gasteiger partial charge in [-0.05, 0) is 48.6 Å². The zero-order valence-corrected chi connectivity index (χ0v) is 12.8. The predicted octanol–water partition coefficient (Wildman–Crippen LogP) is 4.31. The minimum Gasteiger partial charge on any atom is -0.313 e. The van der Waals surface area contributed by atoms with E-state index in [0.717, 1.165) is 19.3 Å². The van der Waals surface area contributed by atoms with Crippen LogP contribution < -0.4 is 5.32 Å². The molecule has 106 valence electrons. The minimum atomic E-state index is 0.388. The minimum absolute atomic E-state index is 0.388. The molecular formula is C19H25N. The van der Waals surface area contributed by atoms with Gasteiger partial charge in [0.1, 0.15) is 0 Å². The first kappa shape index (κ1) is 14.8. The molecule has 0 spiro atoms. The summed E-state index contributed by atoms with van der Waals surface area (Å²) < 4.78 is 0. The summed E-state index contributed by atoms with van der Waals surface area (Å²) in [5, 5.41) is 3.49. The topological polar surface area (TPSA) is 12.0 Å². The van der Waals surface area contributed by atoms with E-state index in [4.69, 9.17) is 0 Å². The molecule has 0 saturated heterocycles. The zero-order chi connectivity index (χ0) is 14.4. The lowest BCUT2D eigenvalue weighted by molar-refractivity contribution is 0.586. The molecule has 0 saturated carbocycles. The van der Waals surface area contributed by atoms with Gasteiger partial charge in [-0.1, -0.05) is 62.4 Å². The Labute approximate surface area is 123 Å². The fourth-order valence-corrected chi connectivity index (χ4v) is 2.73. The smallest absolute Gasteiger partial charge is 0.0361 e. The average Bonchev–Trinajstić information content (AvgIpc) is 2.53. The highest BCUT2D eigenvalue weighted by molar-refractivity contribution is 5.36. The molecule has 20 heavy (non-hydrogen) atoms. The van der Waals surface area contributed by atoms with Gasteiger partial charge in [-0.25, -0.2) is 0 Å². The first-order chi connectivity index (χ1) is 9.78. The second-order valence-corrected chi connectivity index (χ2v) is 5.27. The van der Waals surface area contributed by atoms with Gasteiger partial charge in [-0.15, -0.1) is 0 Å². The van der Waals surface area contributed by atoms with Crippen molar-refractivity contribution >= 4 is 0 Å². The third kappa shape index (κ3) is 3.49. The highest BCUT2D eigenvalue weighted by Gasteiger charge is 2.14. The number of rotatable bonds is 6. The second kappa shape index (κ2) is 7.25. The van der Waals surface area contributed by atoms with Crippen LogP contribution in [0.1, 0.15) is 42.1 Å². The van der Waals surface area contributed by atoms with E-state index in [2.05, 4.69) is 74.7 Å². The zero-order valence-electron chi connectivity index (χ0n) is 12.8. The van der Waals surface area contributed by atoms with Gasteiger partial charge in [0, 0.05) is 6.04 Å². The van der Waals surface area contributed by atoms with Gasteiger partial charge in [-0.3, -0.25) is 0 Å². The van der Waals surface area contributed by atoms with Crippen molar-refractivity contribution in [1.82, 2.24) is 5.32 Å². The fourth-order valence-electron chi connectivity index (χ4n) is 2.73. The van der Waals surface area contributed by atoms with Gasteiger partial charge in [0.2, 0.25) is 0 Å². The van der Waals surface area contributed by atoms with E-state index in [0.29, 0.717) is 6.04 Å². The molecule has 0 aliphatic rings. The summed E-state index contributed by atoms with van der Waals surface area (Å²) in [7, 11) is 2.06. The molecule has 2 aromatic carbocycles. The summed E-state index contributed by atoms with van der Waals surface area (Å²) in [5.41, 5.74) is 5.72. The van der Waals surface area contributed by atoms with Crippen LogP contribution in [0, 0.1) is 0 Å². The maximum absolute atomic E-state index is 3.49. The lowest BCUT2D eigenvalue weighted by Gasteiger charge is -2.21. The van der Waals surface area contributed by atoms with E-state index < -0.39 is 0 Å². The molecule has 0 bridgehead atoms. The van der Waals surface area contributed by atoms with Crippen molar-refractivity contribution in [3.05, 3.63) is 70.8 Å². The molecule has 0 fully saturated rings. The summed E-state index contributed by atoms with van der Waals surface area (Å²) in [6.07, 6.45) is 3.22. The molecule has 1 unspecified atom stereocenters. The third-order valence-corrected chi connectivity index (χ3v) is 4.01. The van der Waals surface area contributed by atoms with Gasteiger partial charge in [0.05, 0.1) is 0 Å². The molecule has 0 aliphatic heterocycles. The Bertz CT molecular complexity index is 531.